The molecule has 0 saturated carbocycles. The Balaban J connectivity index is 2.35. The number of ether oxygens (including phenoxy) is 1. The number of carbonyl (C=O) groups is 1. The molecule has 0 bridgehead atoms. The molecular formula is C17H21ClN2O4S. The van der Waals surface area contributed by atoms with Gasteiger partial charge in [-0.1, -0.05) is 16.3 Å². The second-order valence-electron chi connectivity index (χ2n) is 5.64. The van der Waals surface area contributed by atoms with E-state index in [9.17, 15) is 9.59 Å². The summed E-state index contributed by atoms with van der Waals surface area (Å²) in [7, 11) is 1.59. The van der Waals surface area contributed by atoms with E-state index in [4.69, 9.17) is 20.9 Å². The molecule has 1 amide bonds. The van der Waals surface area contributed by atoms with Crippen molar-refractivity contribution >= 4 is 35.1 Å². The van der Waals surface area contributed by atoms with E-state index < -0.39 is 11.6 Å². The van der Waals surface area contributed by atoms with Gasteiger partial charge in [-0.15, -0.1) is 11.8 Å². The SMILES string of the molecule is COCCSc1c(C)on(C(=O)N(c2ccc(Cl)cc2)C(C)C)c1=O. The largest absolute Gasteiger partial charge is 0.384 e. The van der Waals surface area contributed by atoms with Crippen molar-refractivity contribution in [1.29, 1.82) is 0 Å². The van der Waals surface area contributed by atoms with E-state index in [0.717, 1.165) is 4.74 Å². The molecule has 0 atom stereocenters. The van der Waals surface area contributed by atoms with E-state index in [1.807, 2.05) is 13.8 Å². The minimum absolute atomic E-state index is 0.171. The van der Waals surface area contributed by atoms with Gasteiger partial charge in [0.25, 0.3) is 0 Å². The molecule has 6 nitrogen and oxygen atoms in total. The van der Waals surface area contributed by atoms with Gasteiger partial charge in [-0.3, -0.25) is 9.69 Å². The number of carbonyl (C=O) groups excluding carboxylic acids is 1. The molecule has 2 aromatic rings. The number of nitrogens with zero attached hydrogens (tertiary/aromatic N) is 2. The van der Waals surface area contributed by atoms with Crippen LogP contribution in [0.4, 0.5) is 10.5 Å². The zero-order valence-electron chi connectivity index (χ0n) is 14.6. The van der Waals surface area contributed by atoms with Gasteiger partial charge in [0.05, 0.1) is 6.61 Å². The van der Waals surface area contributed by atoms with Gasteiger partial charge in [-0.2, -0.15) is 0 Å². The van der Waals surface area contributed by atoms with Crippen molar-refractivity contribution in [1.82, 2.24) is 4.74 Å². The zero-order valence-corrected chi connectivity index (χ0v) is 16.2. The smallest absolute Gasteiger partial charge is 0.365 e. The minimum atomic E-state index is -0.538. The maximum Gasteiger partial charge on any atom is 0.365 e. The number of benzene rings is 1. The quantitative estimate of drug-likeness (QED) is 0.555. The van der Waals surface area contributed by atoms with E-state index in [0.29, 0.717) is 33.7 Å². The van der Waals surface area contributed by atoms with Crippen molar-refractivity contribution in [2.75, 3.05) is 24.4 Å². The maximum absolute atomic E-state index is 12.9. The number of aryl methyl sites for hydroxylation is 1. The molecular weight excluding hydrogens is 364 g/mol. The summed E-state index contributed by atoms with van der Waals surface area (Å²) in [5.74, 6) is 1.02. The Bertz CT molecular complexity index is 783. The van der Waals surface area contributed by atoms with Crippen LogP contribution < -0.4 is 10.5 Å². The molecule has 2 rings (SSSR count). The molecule has 1 aromatic carbocycles. The van der Waals surface area contributed by atoms with Crippen LogP contribution in [0.15, 0.2) is 38.5 Å². The van der Waals surface area contributed by atoms with Gasteiger partial charge >= 0.3 is 11.6 Å². The summed E-state index contributed by atoms with van der Waals surface area (Å²) in [4.78, 5) is 27.4. The number of hydrogen-bond acceptors (Lipinski definition) is 5. The van der Waals surface area contributed by atoms with Gasteiger partial charge in [-0.25, -0.2) is 4.79 Å². The predicted molar refractivity (Wildman–Crippen MR) is 100 cm³/mol. The highest BCUT2D eigenvalue weighted by molar-refractivity contribution is 7.99. The summed E-state index contributed by atoms with van der Waals surface area (Å²) < 4.78 is 11.2. The third-order valence-corrected chi connectivity index (χ3v) is 4.84. The molecule has 0 unspecified atom stereocenters. The normalized spacial score (nSPS) is 11.1. The van der Waals surface area contributed by atoms with Crippen molar-refractivity contribution in [2.45, 2.75) is 31.7 Å². The summed E-state index contributed by atoms with van der Waals surface area (Å²) in [6.07, 6.45) is 0. The molecule has 0 aliphatic rings. The van der Waals surface area contributed by atoms with Crippen molar-refractivity contribution in [2.24, 2.45) is 0 Å². The lowest BCUT2D eigenvalue weighted by Crippen LogP contribution is -2.43. The Morgan fingerprint density at radius 1 is 1.36 bits per heavy atom. The molecule has 0 N–H and O–H groups in total. The first-order valence-electron chi connectivity index (χ1n) is 7.80. The average Bonchev–Trinajstić information content (AvgIpc) is 2.84. The highest BCUT2D eigenvalue weighted by atomic mass is 35.5. The lowest BCUT2D eigenvalue weighted by molar-refractivity contribution is 0.210. The lowest BCUT2D eigenvalue weighted by Gasteiger charge is -2.25. The average molecular weight is 385 g/mol. The second kappa shape index (κ2) is 8.60. The third-order valence-electron chi connectivity index (χ3n) is 3.46. The second-order valence-corrected chi connectivity index (χ2v) is 7.18. The maximum atomic E-state index is 12.9. The molecule has 8 heteroatoms. The topological polar surface area (TPSA) is 64.7 Å². The Hall–Kier alpha value is -1.70. The number of hydrogen-bond donors (Lipinski definition) is 0. The first-order chi connectivity index (χ1) is 11.9. The monoisotopic (exact) mass is 384 g/mol. The number of amides is 1. The van der Waals surface area contributed by atoms with Gasteiger partial charge in [0.15, 0.2) is 0 Å². The van der Waals surface area contributed by atoms with E-state index in [1.54, 1.807) is 38.3 Å². The number of halogens is 1. The molecule has 0 radical (unpaired) electrons. The van der Waals surface area contributed by atoms with E-state index in [-0.39, 0.29) is 6.04 Å². The highest BCUT2D eigenvalue weighted by Crippen LogP contribution is 2.23. The van der Waals surface area contributed by atoms with Crippen LogP contribution in [-0.4, -0.2) is 36.3 Å². The minimum Gasteiger partial charge on any atom is -0.384 e. The van der Waals surface area contributed by atoms with Crippen LogP contribution in [0.1, 0.15) is 19.6 Å². The molecule has 0 spiro atoms. The molecule has 25 heavy (non-hydrogen) atoms. The van der Waals surface area contributed by atoms with Crippen LogP contribution in [-0.2, 0) is 4.74 Å². The van der Waals surface area contributed by atoms with Gasteiger partial charge in [0.2, 0.25) is 0 Å². The number of methoxy groups -OCH3 is 1. The van der Waals surface area contributed by atoms with Crippen LogP contribution in [0.25, 0.3) is 0 Å². The standard InChI is InChI=1S/C17H21ClN2O4S/c1-11(2)19(14-7-5-13(18)6-8-14)17(22)20-16(21)15(12(3)24-20)25-10-9-23-4/h5-8,11H,9-10H2,1-4H3. The Labute approximate surface area is 155 Å². The fraction of sp³-hybridized carbons (Fsp3) is 0.412. The lowest BCUT2D eigenvalue weighted by atomic mass is 10.2. The summed E-state index contributed by atoms with van der Waals surface area (Å²) in [6.45, 7) is 5.90. The molecule has 1 heterocycles. The highest BCUT2D eigenvalue weighted by Gasteiger charge is 2.26. The van der Waals surface area contributed by atoms with Gasteiger partial charge in [-0.05, 0) is 45.0 Å². The number of anilines is 1. The fourth-order valence-corrected chi connectivity index (χ4v) is 3.34. The van der Waals surface area contributed by atoms with Gasteiger partial charge < -0.3 is 9.26 Å². The van der Waals surface area contributed by atoms with Crippen LogP contribution in [0.5, 0.6) is 0 Å². The van der Waals surface area contributed by atoms with Crippen molar-refractivity contribution < 1.29 is 14.1 Å². The van der Waals surface area contributed by atoms with E-state index >= 15 is 0 Å². The van der Waals surface area contributed by atoms with E-state index in [1.165, 1.54) is 16.7 Å². The van der Waals surface area contributed by atoms with Crippen molar-refractivity contribution in [3.8, 4) is 0 Å². The molecule has 0 saturated heterocycles. The van der Waals surface area contributed by atoms with Crippen LogP contribution >= 0.6 is 23.4 Å². The van der Waals surface area contributed by atoms with Crippen LogP contribution in [0.3, 0.4) is 0 Å². The molecule has 0 aliphatic heterocycles. The van der Waals surface area contributed by atoms with E-state index in [2.05, 4.69) is 0 Å². The molecule has 0 aliphatic carbocycles. The number of thioether (sulfide) groups is 1. The fourth-order valence-electron chi connectivity index (χ4n) is 2.31. The predicted octanol–water partition coefficient (Wildman–Crippen LogP) is 4.02. The molecule has 136 valence electrons. The van der Waals surface area contributed by atoms with Crippen LogP contribution in [0.2, 0.25) is 5.02 Å². The molecule has 0 fully saturated rings. The molecule has 1 aromatic heterocycles. The number of aromatic nitrogens is 1. The van der Waals surface area contributed by atoms with Crippen molar-refractivity contribution in [3.63, 3.8) is 0 Å². The summed E-state index contributed by atoms with van der Waals surface area (Å²) in [5.41, 5.74) is 0.183. The summed E-state index contributed by atoms with van der Waals surface area (Å²) in [5, 5.41) is 0.572. The first-order valence-corrected chi connectivity index (χ1v) is 9.17. The summed E-state index contributed by atoms with van der Waals surface area (Å²) >= 11 is 7.23. The Morgan fingerprint density at radius 2 is 2.00 bits per heavy atom. The van der Waals surface area contributed by atoms with Gasteiger partial charge in [0, 0.05) is 29.6 Å². The van der Waals surface area contributed by atoms with Crippen molar-refractivity contribution in [3.05, 3.63) is 45.4 Å². The first kappa shape index (κ1) is 19.6. The Kier molecular flexibility index (Phi) is 6.75. The van der Waals surface area contributed by atoms with Gasteiger partial charge in [0.1, 0.15) is 10.7 Å². The van der Waals surface area contributed by atoms with Crippen LogP contribution in [0, 0.1) is 6.92 Å². The number of rotatable bonds is 6. The Morgan fingerprint density at radius 3 is 2.56 bits per heavy atom. The third kappa shape index (κ3) is 4.48. The summed E-state index contributed by atoms with van der Waals surface area (Å²) in [6, 6.07) is 6.15. The zero-order chi connectivity index (χ0) is 18.6.